The van der Waals surface area contributed by atoms with Gasteiger partial charge >= 0.3 is 0 Å². The second kappa shape index (κ2) is 4.39. The van der Waals surface area contributed by atoms with Gasteiger partial charge in [0.1, 0.15) is 11.5 Å². The lowest BCUT2D eigenvalue weighted by molar-refractivity contribution is 0.436. The van der Waals surface area contributed by atoms with E-state index < -0.39 is 5.41 Å². The van der Waals surface area contributed by atoms with Crippen molar-refractivity contribution in [1.29, 1.82) is 0 Å². The zero-order valence-corrected chi connectivity index (χ0v) is 11.0. The van der Waals surface area contributed by atoms with Crippen molar-refractivity contribution in [2.75, 3.05) is 11.5 Å². The summed E-state index contributed by atoms with van der Waals surface area (Å²) in [6.07, 6.45) is 0. The summed E-state index contributed by atoms with van der Waals surface area (Å²) in [5.41, 5.74) is 13.1. The Morgan fingerprint density at radius 3 is 1.47 bits per heavy atom. The summed E-state index contributed by atoms with van der Waals surface area (Å²) in [6.45, 7) is 3.84. The lowest BCUT2D eigenvalue weighted by Crippen LogP contribution is -2.19. The molecule has 2 rings (SSSR count). The van der Waals surface area contributed by atoms with Crippen molar-refractivity contribution in [2.24, 2.45) is 0 Å². The van der Waals surface area contributed by atoms with Crippen molar-refractivity contribution in [3.63, 3.8) is 0 Å². The molecule has 100 valence electrons. The van der Waals surface area contributed by atoms with Crippen LogP contribution in [0.15, 0.2) is 36.4 Å². The predicted molar refractivity (Wildman–Crippen MR) is 77.2 cm³/mol. The highest BCUT2D eigenvalue weighted by Crippen LogP contribution is 2.41. The minimum absolute atomic E-state index is 0.112. The lowest BCUT2D eigenvalue weighted by atomic mass is 9.77. The number of hydrogen-bond donors (Lipinski definition) is 4. The molecule has 0 saturated carbocycles. The molecule has 0 atom stereocenters. The first-order valence-corrected chi connectivity index (χ1v) is 6.00. The highest BCUT2D eigenvalue weighted by Gasteiger charge is 2.28. The van der Waals surface area contributed by atoms with E-state index in [9.17, 15) is 10.2 Å². The molecule has 0 bridgehead atoms. The second-order valence-corrected chi connectivity index (χ2v) is 5.18. The van der Waals surface area contributed by atoms with Crippen LogP contribution in [0.25, 0.3) is 0 Å². The van der Waals surface area contributed by atoms with Gasteiger partial charge in [-0.1, -0.05) is 26.0 Å². The standard InChI is InChI=1S/C15H18N2O2/c1-15(2,11-5-3-9(16)7-13(11)18)12-6-4-10(17)8-14(12)19/h3-8,18-19H,16-17H2,1-2H3. The van der Waals surface area contributed by atoms with E-state index in [2.05, 4.69) is 0 Å². The Bertz CT molecular complexity index is 568. The SMILES string of the molecule is CC(C)(c1ccc(N)cc1O)c1ccc(N)cc1O. The molecule has 0 radical (unpaired) electrons. The predicted octanol–water partition coefficient (Wildman–Crippen LogP) is 2.59. The first kappa shape index (κ1) is 13.1. The summed E-state index contributed by atoms with van der Waals surface area (Å²) < 4.78 is 0. The molecule has 0 spiro atoms. The van der Waals surface area contributed by atoms with Crippen LogP contribution < -0.4 is 11.5 Å². The Kier molecular flexibility index (Phi) is 3.02. The highest BCUT2D eigenvalue weighted by molar-refractivity contribution is 5.57. The largest absolute Gasteiger partial charge is 0.508 e. The highest BCUT2D eigenvalue weighted by atomic mass is 16.3. The molecule has 2 aromatic carbocycles. The maximum Gasteiger partial charge on any atom is 0.121 e. The number of hydrogen-bond acceptors (Lipinski definition) is 4. The van der Waals surface area contributed by atoms with Crippen LogP contribution in [0.5, 0.6) is 11.5 Å². The number of anilines is 2. The number of aromatic hydroxyl groups is 2. The molecule has 19 heavy (non-hydrogen) atoms. The molecule has 2 aromatic rings. The van der Waals surface area contributed by atoms with Crippen LogP contribution in [0, 0.1) is 0 Å². The fourth-order valence-corrected chi connectivity index (χ4v) is 2.30. The average molecular weight is 258 g/mol. The van der Waals surface area contributed by atoms with E-state index in [1.807, 2.05) is 13.8 Å². The van der Waals surface area contributed by atoms with Gasteiger partial charge in [0, 0.05) is 40.0 Å². The van der Waals surface area contributed by atoms with Gasteiger partial charge in [0.2, 0.25) is 0 Å². The second-order valence-electron chi connectivity index (χ2n) is 5.18. The van der Waals surface area contributed by atoms with Gasteiger partial charge in [0.15, 0.2) is 0 Å². The van der Waals surface area contributed by atoms with Crippen molar-refractivity contribution >= 4 is 11.4 Å². The van der Waals surface area contributed by atoms with Gasteiger partial charge in [0.05, 0.1) is 0 Å². The summed E-state index contributed by atoms with van der Waals surface area (Å²) in [4.78, 5) is 0. The molecule has 0 aliphatic carbocycles. The third kappa shape index (κ3) is 2.29. The van der Waals surface area contributed by atoms with Crippen LogP contribution in [-0.4, -0.2) is 10.2 Å². The number of nitrogens with two attached hydrogens (primary N) is 2. The number of phenolic OH excluding ortho intramolecular Hbond substituents is 2. The zero-order chi connectivity index (χ0) is 14.2. The summed E-state index contributed by atoms with van der Waals surface area (Å²) in [7, 11) is 0. The smallest absolute Gasteiger partial charge is 0.121 e. The number of benzene rings is 2. The van der Waals surface area contributed by atoms with Gasteiger partial charge in [-0.05, 0) is 12.1 Å². The molecular weight excluding hydrogens is 240 g/mol. The normalized spacial score (nSPS) is 11.5. The first-order valence-electron chi connectivity index (χ1n) is 6.00. The van der Waals surface area contributed by atoms with E-state index in [1.165, 1.54) is 12.1 Å². The van der Waals surface area contributed by atoms with Gasteiger partial charge in [-0.3, -0.25) is 0 Å². The molecule has 0 amide bonds. The molecule has 0 saturated heterocycles. The third-order valence-electron chi connectivity index (χ3n) is 3.39. The van der Waals surface area contributed by atoms with Gasteiger partial charge in [-0.25, -0.2) is 0 Å². The topological polar surface area (TPSA) is 92.5 Å². The van der Waals surface area contributed by atoms with Crippen LogP contribution in [0.4, 0.5) is 11.4 Å². The van der Waals surface area contributed by atoms with Gasteiger partial charge in [-0.2, -0.15) is 0 Å². The molecule has 0 unspecified atom stereocenters. The van der Waals surface area contributed by atoms with Crippen LogP contribution in [0.3, 0.4) is 0 Å². The Labute approximate surface area is 112 Å². The van der Waals surface area contributed by atoms with E-state index >= 15 is 0 Å². The van der Waals surface area contributed by atoms with Gasteiger partial charge in [-0.15, -0.1) is 0 Å². The van der Waals surface area contributed by atoms with E-state index in [0.717, 1.165) is 0 Å². The molecular formula is C15H18N2O2. The van der Waals surface area contributed by atoms with E-state index in [-0.39, 0.29) is 11.5 Å². The third-order valence-corrected chi connectivity index (χ3v) is 3.39. The summed E-state index contributed by atoms with van der Waals surface area (Å²) in [6, 6.07) is 9.99. The maximum atomic E-state index is 10.0. The average Bonchev–Trinajstić information content (AvgIpc) is 2.27. The quantitative estimate of drug-likeness (QED) is 0.623. The Morgan fingerprint density at radius 2 is 1.16 bits per heavy atom. The van der Waals surface area contributed by atoms with Crippen LogP contribution >= 0.6 is 0 Å². The van der Waals surface area contributed by atoms with E-state index in [4.69, 9.17) is 11.5 Å². The van der Waals surface area contributed by atoms with E-state index in [1.54, 1.807) is 24.3 Å². The fraction of sp³-hybridized carbons (Fsp3) is 0.200. The lowest BCUT2D eigenvalue weighted by Gasteiger charge is -2.27. The van der Waals surface area contributed by atoms with Gasteiger partial charge < -0.3 is 21.7 Å². The minimum atomic E-state index is -0.560. The first-order chi connectivity index (χ1) is 8.82. The molecule has 0 fully saturated rings. The summed E-state index contributed by atoms with van der Waals surface area (Å²) in [5, 5.41) is 20.1. The molecule has 4 heteroatoms. The molecule has 0 heterocycles. The molecule has 0 aromatic heterocycles. The van der Waals surface area contributed by atoms with Crippen LogP contribution in [0.2, 0.25) is 0 Å². The fourth-order valence-electron chi connectivity index (χ4n) is 2.30. The number of nitrogen functional groups attached to an aromatic ring is 2. The van der Waals surface area contributed by atoms with Crippen molar-refractivity contribution in [3.8, 4) is 11.5 Å². The Balaban J connectivity index is 2.58. The molecule has 0 aliphatic heterocycles. The van der Waals surface area contributed by atoms with E-state index in [0.29, 0.717) is 22.5 Å². The van der Waals surface area contributed by atoms with Crippen molar-refractivity contribution in [1.82, 2.24) is 0 Å². The Hall–Kier alpha value is -2.36. The zero-order valence-electron chi connectivity index (χ0n) is 11.0. The number of rotatable bonds is 2. The van der Waals surface area contributed by atoms with Crippen molar-refractivity contribution in [2.45, 2.75) is 19.3 Å². The number of phenols is 2. The summed E-state index contributed by atoms with van der Waals surface area (Å²) in [5.74, 6) is 0.224. The van der Waals surface area contributed by atoms with Crippen molar-refractivity contribution in [3.05, 3.63) is 47.5 Å². The monoisotopic (exact) mass is 258 g/mol. The maximum absolute atomic E-state index is 10.0. The van der Waals surface area contributed by atoms with Crippen molar-refractivity contribution < 1.29 is 10.2 Å². The van der Waals surface area contributed by atoms with Crippen LogP contribution in [0.1, 0.15) is 25.0 Å². The summed E-state index contributed by atoms with van der Waals surface area (Å²) >= 11 is 0. The molecule has 0 aliphatic rings. The minimum Gasteiger partial charge on any atom is -0.508 e. The van der Waals surface area contributed by atoms with Crippen LogP contribution in [-0.2, 0) is 5.41 Å². The molecule has 6 N–H and O–H groups in total. The van der Waals surface area contributed by atoms with Gasteiger partial charge in [0.25, 0.3) is 0 Å². The molecule has 4 nitrogen and oxygen atoms in total. The Morgan fingerprint density at radius 1 is 0.789 bits per heavy atom.